The third kappa shape index (κ3) is 4.24. The normalized spacial score (nSPS) is 22.9. The first-order valence-corrected chi connectivity index (χ1v) is 12.8. The fourth-order valence-electron chi connectivity index (χ4n) is 5.71. The van der Waals surface area contributed by atoms with Crippen molar-refractivity contribution in [2.75, 3.05) is 0 Å². The van der Waals surface area contributed by atoms with E-state index >= 15 is 0 Å². The van der Waals surface area contributed by atoms with Crippen molar-refractivity contribution in [3.05, 3.63) is 82.4 Å². The van der Waals surface area contributed by atoms with Crippen LogP contribution in [0.2, 0.25) is 0 Å². The van der Waals surface area contributed by atoms with Crippen LogP contribution in [0.15, 0.2) is 54.6 Å². The van der Waals surface area contributed by atoms with E-state index < -0.39 is 70.6 Å². The molecular formula is C30H26O12. The number of rotatable bonds is 3. The monoisotopic (exact) mass is 578 g/mol. The molecule has 2 aliphatic rings. The summed E-state index contributed by atoms with van der Waals surface area (Å²) in [5, 5.41) is 105. The first kappa shape index (κ1) is 27.0. The molecule has 2 aliphatic heterocycles. The van der Waals surface area contributed by atoms with Gasteiger partial charge in [-0.2, -0.15) is 0 Å². The quantitative estimate of drug-likeness (QED) is 0.159. The lowest BCUT2D eigenvalue weighted by atomic mass is 9.77. The molecule has 0 amide bonds. The molecule has 4 aromatic rings. The molecule has 10 N–H and O–H groups in total. The number of phenolic OH excluding ortho intramolecular Hbond substituents is 8. The van der Waals surface area contributed by atoms with E-state index in [1.165, 1.54) is 42.5 Å². The summed E-state index contributed by atoms with van der Waals surface area (Å²) in [6, 6.07) is 10.8. The average Bonchev–Trinajstić information content (AvgIpc) is 2.93. The maximum atomic E-state index is 11.8. The Morgan fingerprint density at radius 2 is 1.14 bits per heavy atom. The summed E-state index contributed by atoms with van der Waals surface area (Å²) in [6.45, 7) is 0. The van der Waals surface area contributed by atoms with Crippen molar-refractivity contribution in [3.63, 3.8) is 0 Å². The Balaban J connectivity index is 1.55. The lowest BCUT2D eigenvalue weighted by Gasteiger charge is -2.40. The Hall–Kier alpha value is -5.20. The van der Waals surface area contributed by atoms with E-state index in [-0.39, 0.29) is 51.5 Å². The van der Waals surface area contributed by atoms with Crippen molar-refractivity contribution in [1.82, 2.24) is 0 Å². The highest BCUT2D eigenvalue weighted by molar-refractivity contribution is 5.65. The molecule has 218 valence electrons. The van der Waals surface area contributed by atoms with Gasteiger partial charge >= 0.3 is 0 Å². The lowest BCUT2D eigenvalue weighted by molar-refractivity contribution is 0.00115. The molecule has 0 aromatic heterocycles. The van der Waals surface area contributed by atoms with Gasteiger partial charge in [0, 0.05) is 41.3 Å². The molecule has 0 fully saturated rings. The highest BCUT2D eigenvalue weighted by atomic mass is 16.5. The van der Waals surface area contributed by atoms with Gasteiger partial charge in [-0.25, -0.2) is 0 Å². The van der Waals surface area contributed by atoms with Crippen molar-refractivity contribution in [1.29, 1.82) is 0 Å². The van der Waals surface area contributed by atoms with Gasteiger partial charge in [0.25, 0.3) is 0 Å². The van der Waals surface area contributed by atoms with Crippen molar-refractivity contribution in [2.24, 2.45) is 0 Å². The molecule has 2 heterocycles. The summed E-state index contributed by atoms with van der Waals surface area (Å²) in [5.41, 5.74) is 0.435. The zero-order valence-corrected chi connectivity index (χ0v) is 21.6. The number of benzene rings is 4. The van der Waals surface area contributed by atoms with E-state index in [4.69, 9.17) is 9.47 Å². The summed E-state index contributed by atoms with van der Waals surface area (Å²) in [6.07, 6.45) is -5.43. The fraction of sp³-hybridized carbons (Fsp3) is 0.200. The number of hydrogen-bond donors (Lipinski definition) is 10. The van der Waals surface area contributed by atoms with Crippen LogP contribution in [0.1, 0.15) is 45.9 Å². The number of aromatic hydroxyl groups is 8. The third-order valence-electron chi connectivity index (χ3n) is 7.67. The van der Waals surface area contributed by atoms with Crippen LogP contribution in [0.25, 0.3) is 0 Å². The standard InChI is InChI=1S/C30H26O12/c31-13-7-20(37)24-23(8-13)41-29(12-2-4-16(33)19(36)6-12)27(40)26(24)25-21(38)10-17(34)14-9-22(39)28(42-30(14)25)11-1-3-15(32)18(35)5-11/h1-8,10,22,26-29,31-40H,9H2/t22-,26-,27-,28?,29-/m1/s1. The minimum atomic E-state index is -1.59. The van der Waals surface area contributed by atoms with Crippen molar-refractivity contribution < 1.29 is 60.5 Å². The molecule has 12 nitrogen and oxygen atoms in total. The van der Waals surface area contributed by atoms with Gasteiger partial charge in [-0.05, 0) is 35.4 Å². The summed E-state index contributed by atoms with van der Waals surface area (Å²) in [7, 11) is 0. The maximum absolute atomic E-state index is 11.8. The lowest BCUT2D eigenvalue weighted by Crippen LogP contribution is -2.36. The molecule has 42 heavy (non-hydrogen) atoms. The van der Waals surface area contributed by atoms with Gasteiger partial charge in [0.2, 0.25) is 0 Å². The smallest absolute Gasteiger partial charge is 0.157 e. The molecule has 6 rings (SSSR count). The Labute approximate surface area is 237 Å². The van der Waals surface area contributed by atoms with Gasteiger partial charge in [0.15, 0.2) is 29.1 Å². The van der Waals surface area contributed by atoms with Crippen LogP contribution in [-0.4, -0.2) is 63.3 Å². The second-order valence-electron chi connectivity index (χ2n) is 10.3. The van der Waals surface area contributed by atoms with E-state index in [9.17, 15) is 51.1 Å². The third-order valence-corrected chi connectivity index (χ3v) is 7.67. The Bertz CT molecular complexity index is 1720. The van der Waals surface area contributed by atoms with Crippen molar-refractivity contribution in [2.45, 2.75) is 36.8 Å². The van der Waals surface area contributed by atoms with Crippen LogP contribution in [-0.2, 0) is 6.42 Å². The van der Waals surface area contributed by atoms with Gasteiger partial charge in [0.1, 0.15) is 46.7 Å². The predicted octanol–water partition coefficient (Wildman–Crippen LogP) is 3.00. The SMILES string of the molecule is Oc1cc(O)c2c(c1)O[C@H](c1ccc(O)c(O)c1)[C@H](O)[C@H]2c1c(O)cc(O)c2c1OC(c1ccc(O)c(O)c1)[C@H](O)C2. The summed E-state index contributed by atoms with van der Waals surface area (Å²) in [4.78, 5) is 0. The molecule has 0 aliphatic carbocycles. The Morgan fingerprint density at radius 1 is 0.548 bits per heavy atom. The molecule has 1 unspecified atom stereocenters. The van der Waals surface area contributed by atoms with Crippen LogP contribution >= 0.6 is 0 Å². The highest BCUT2D eigenvalue weighted by Gasteiger charge is 2.46. The second kappa shape index (κ2) is 9.72. The number of aliphatic hydroxyl groups excluding tert-OH is 2. The number of ether oxygens (including phenoxy) is 2. The minimum absolute atomic E-state index is 0.0312. The Kier molecular flexibility index (Phi) is 6.24. The van der Waals surface area contributed by atoms with Crippen molar-refractivity contribution >= 4 is 0 Å². The van der Waals surface area contributed by atoms with Crippen LogP contribution < -0.4 is 9.47 Å². The van der Waals surface area contributed by atoms with Gasteiger partial charge < -0.3 is 60.5 Å². The average molecular weight is 579 g/mol. The molecule has 0 saturated carbocycles. The van der Waals surface area contributed by atoms with E-state index in [0.717, 1.165) is 12.1 Å². The van der Waals surface area contributed by atoms with Gasteiger partial charge in [0.05, 0.1) is 12.0 Å². The molecule has 0 spiro atoms. The van der Waals surface area contributed by atoms with E-state index in [2.05, 4.69) is 0 Å². The largest absolute Gasteiger partial charge is 0.508 e. The fourth-order valence-corrected chi connectivity index (χ4v) is 5.71. The topological polar surface area (TPSA) is 221 Å². The maximum Gasteiger partial charge on any atom is 0.157 e. The number of fused-ring (bicyclic) bond motifs is 2. The van der Waals surface area contributed by atoms with Gasteiger partial charge in [-0.15, -0.1) is 0 Å². The first-order valence-electron chi connectivity index (χ1n) is 12.8. The molecule has 0 radical (unpaired) electrons. The van der Waals surface area contributed by atoms with Gasteiger partial charge in [-0.1, -0.05) is 12.1 Å². The van der Waals surface area contributed by atoms with Crippen molar-refractivity contribution in [3.8, 4) is 57.5 Å². The minimum Gasteiger partial charge on any atom is -0.508 e. The van der Waals surface area contributed by atoms with E-state index in [1.54, 1.807) is 0 Å². The molecule has 0 saturated heterocycles. The number of phenols is 8. The predicted molar refractivity (Wildman–Crippen MR) is 143 cm³/mol. The van der Waals surface area contributed by atoms with Crippen LogP contribution in [0, 0.1) is 0 Å². The summed E-state index contributed by atoms with van der Waals surface area (Å²) in [5.74, 6) is -5.08. The van der Waals surface area contributed by atoms with E-state index in [1.807, 2.05) is 0 Å². The zero-order chi connectivity index (χ0) is 30.0. The van der Waals surface area contributed by atoms with Crippen LogP contribution in [0.3, 0.4) is 0 Å². The molecular weight excluding hydrogens is 552 g/mol. The number of aliphatic hydroxyl groups is 2. The zero-order valence-electron chi connectivity index (χ0n) is 21.6. The molecule has 5 atom stereocenters. The van der Waals surface area contributed by atoms with E-state index in [0.29, 0.717) is 0 Å². The van der Waals surface area contributed by atoms with Gasteiger partial charge in [-0.3, -0.25) is 0 Å². The van der Waals surface area contributed by atoms with Crippen LogP contribution in [0.5, 0.6) is 57.5 Å². The molecule has 0 bridgehead atoms. The molecule has 4 aromatic carbocycles. The number of hydrogen-bond acceptors (Lipinski definition) is 12. The summed E-state index contributed by atoms with van der Waals surface area (Å²) < 4.78 is 12.1. The second-order valence-corrected chi connectivity index (χ2v) is 10.3. The highest BCUT2D eigenvalue weighted by Crippen LogP contribution is 2.57. The Morgan fingerprint density at radius 3 is 1.76 bits per heavy atom. The summed E-state index contributed by atoms with van der Waals surface area (Å²) >= 11 is 0. The molecule has 12 heteroatoms. The first-order chi connectivity index (χ1) is 19.9. The van der Waals surface area contributed by atoms with Crippen LogP contribution in [0.4, 0.5) is 0 Å².